The predicted molar refractivity (Wildman–Crippen MR) is 77.3 cm³/mol. The highest BCUT2D eigenvalue weighted by molar-refractivity contribution is 5.79. The molecule has 1 unspecified atom stereocenters. The molecule has 4 nitrogen and oxygen atoms in total. The molecule has 20 heavy (non-hydrogen) atoms. The number of nitrogens with one attached hydrogen (secondary N) is 1. The number of piperidine rings is 1. The van der Waals surface area contributed by atoms with Crippen molar-refractivity contribution in [1.82, 2.24) is 10.2 Å². The van der Waals surface area contributed by atoms with Crippen LogP contribution in [0.4, 0.5) is 0 Å². The van der Waals surface area contributed by atoms with Crippen LogP contribution in [0.1, 0.15) is 24.5 Å². The molecule has 1 aromatic rings. The fourth-order valence-corrected chi connectivity index (χ4v) is 3.04. The van der Waals surface area contributed by atoms with Crippen LogP contribution in [-0.2, 0) is 9.53 Å². The molecule has 0 aliphatic carbocycles. The van der Waals surface area contributed by atoms with E-state index in [4.69, 9.17) is 4.74 Å². The summed E-state index contributed by atoms with van der Waals surface area (Å²) in [5.41, 5.74) is 1.16. The quantitative estimate of drug-likeness (QED) is 0.890. The molecule has 1 amide bonds. The van der Waals surface area contributed by atoms with Crippen LogP contribution in [0.2, 0.25) is 0 Å². The highest BCUT2D eigenvalue weighted by Crippen LogP contribution is 2.24. The SMILES string of the molecule is O=C([C@H]1CCCNC1)N1CCOC(c2ccccc2)C1. The minimum atomic E-state index is 0.0189. The van der Waals surface area contributed by atoms with Gasteiger partial charge in [-0.05, 0) is 24.9 Å². The van der Waals surface area contributed by atoms with Crippen LogP contribution >= 0.6 is 0 Å². The third kappa shape index (κ3) is 3.02. The number of amides is 1. The second-order valence-corrected chi connectivity index (χ2v) is 5.60. The average molecular weight is 274 g/mol. The van der Waals surface area contributed by atoms with Crippen molar-refractivity contribution in [2.75, 3.05) is 32.8 Å². The van der Waals surface area contributed by atoms with Crippen LogP contribution in [0.25, 0.3) is 0 Å². The van der Waals surface area contributed by atoms with Crippen LogP contribution in [0.15, 0.2) is 30.3 Å². The number of benzene rings is 1. The first kappa shape index (κ1) is 13.6. The summed E-state index contributed by atoms with van der Waals surface area (Å²) in [6.45, 7) is 3.90. The third-order valence-electron chi connectivity index (χ3n) is 4.20. The van der Waals surface area contributed by atoms with Gasteiger partial charge in [-0.25, -0.2) is 0 Å². The lowest BCUT2D eigenvalue weighted by atomic mass is 9.97. The van der Waals surface area contributed by atoms with Crippen LogP contribution in [0.3, 0.4) is 0 Å². The summed E-state index contributed by atoms with van der Waals surface area (Å²) in [4.78, 5) is 14.5. The van der Waals surface area contributed by atoms with Crippen molar-refractivity contribution in [2.45, 2.75) is 18.9 Å². The monoisotopic (exact) mass is 274 g/mol. The molecule has 2 saturated heterocycles. The Balaban J connectivity index is 1.64. The molecular formula is C16H22N2O2. The van der Waals surface area contributed by atoms with Crippen molar-refractivity contribution in [1.29, 1.82) is 0 Å². The molecule has 1 N–H and O–H groups in total. The van der Waals surface area contributed by atoms with Crippen molar-refractivity contribution >= 4 is 5.91 Å². The van der Waals surface area contributed by atoms with Crippen molar-refractivity contribution < 1.29 is 9.53 Å². The number of hydrogen-bond donors (Lipinski definition) is 1. The zero-order chi connectivity index (χ0) is 13.8. The maximum absolute atomic E-state index is 12.6. The number of carbonyl (C=O) groups excluding carboxylic acids is 1. The Hall–Kier alpha value is -1.39. The van der Waals surface area contributed by atoms with Gasteiger partial charge in [0.25, 0.3) is 0 Å². The molecule has 2 atom stereocenters. The number of morpholine rings is 1. The lowest BCUT2D eigenvalue weighted by Crippen LogP contribution is -2.48. The zero-order valence-corrected chi connectivity index (χ0v) is 11.8. The zero-order valence-electron chi connectivity index (χ0n) is 11.8. The molecule has 2 heterocycles. The average Bonchev–Trinajstić information content (AvgIpc) is 2.56. The summed E-state index contributed by atoms with van der Waals surface area (Å²) in [5.74, 6) is 0.444. The lowest BCUT2D eigenvalue weighted by molar-refractivity contribution is -0.143. The Bertz CT molecular complexity index is 443. The topological polar surface area (TPSA) is 41.6 Å². The first-order chi connectivity index (χ1) is 9.84. The molecule has 0 radical (unpaired) electrons. The van der Waals surface area contributed by atoms with E-state index < -0.39 is 0 Å². The molecule has 1 aromatic carbocycles. The van der Waals surface area contributed by atoms with Crippen LogP contribution < -0.4 is 5.32 Å². The summed E-state index contributed by atoms with van der Waals surface area (Å²) in [6.07, 6.45) is 2.13. The molecular weight excluding hydrogens is 252 g/mol. The van der Waals surface area contributed by atoms with Gasteiger partial charge in [0.1, 0.15) is 6.10 Å². The van der Waals surface area contributed by atoms with Crippen LogP contribution in [0, 0.1) is 5.92 Å². The van der Waals surface area contributed by atoms with E-state index in [-0.39, 0.29) is 12.0 Å². The Kier molecular flexibility index (Phi) is 4.33. The third-order valence-corrected chi connectivity index (χ3v) is 4.20. The van der Waals surface area contributed by atoms with Gasteiger partial charge in [0.05, 0.1) is 19.1 Å². The van der Waals surface area contributed by atoms with Crippen molar-refractivity contribution in [2.24, 2.45) is 5.92 Å². The van der Waals surface area contributed by atoms with E-state index in [1.54, 1.807) is 0 Å². The number of ether oxygens (including phenoxy) is 1. The predicted octanol–water partition coefficient (Wildman–Crippen LogP) is 1.59. The van der Waals surface area contributed by atoms with Gasteiger partial charge in [-0.15, -0.1) is 0 Å². The maximum Gasteiger partial charge on any atom is 0.227 e. The highest BCUT2D eigenvalue weighted by Gasteiger charge is 2.30. The first-order valence-corrected chi connectivity index (χ1v) is 7.50. The van der Waals surface area contributed by atoms with E-state index >= 15 is 0 Å². The van der Waals surface area contributed by atoms with E-state index in [1.165, 1.54) is 0 Å². The summed E-state index contributed by atoms with van der Waals surface area (Å²) in [5, 5.41) is 3.32. The van der Waals surface area contributed by atoms with Gasteiger partial charge < -0.3 is 15.0 Å². The van der Waals surface area contributed by atoms with Gasteiger partial charge in [0.2, 0.25) is 5.91 Å². The fraction of sp³-hybridized carbons (Fsp3) is 0.562. The van der Waals surface area contributed by atoms with Crippen molar-refractivity contribution in [3.05, 3.63) is 35.9 Å². The fourth-order valence-electron chi connectivity index (χ4n) is 3.04. The summed E-state index contributed by atoms with van der Waals surface area (Å²) >= 11 is 0. The molecule has 2 aliphatic rings. The van der Waals surface area contributed by atoms with Crippen LogP contribution in [-0.4, -0.2) is 43.6 Å². The highest BCUT2D eigenvalue weighted by atomic mass is 16.5. The molecule has 0 bridgehead atoms. The molecule has 2 aliphatic heterocycles. The summed E-state index contributed by atoms with van der Waals surface area (Å²) < 4.78 is 5.82. The largest absolute Gasteiger partial charge is 0.370 e. The second kappa shape index (κ2) is 6.37. The van der Waals surface area contributed by atoms with E-state index in [2.05, 4.69) is 17.4 Å². The number of nitrogens with zero attached hydrogens (tertiary/aromatic N) is 1. The van der Waals surface area contributed by atoms with Gasteiger partial charge in [-0.3, -0.25) is 4.79 Å². The smallest absolute Gasteiger partial charge is 0.227 e. The Morgan fingerprint density at radius 2 is 2.15 bits per heavy atom. The van der Waals surface area contributed by atoms with Gasteiger partial charge in [-0.2, -0.15) is 0 Å². The standard InChI is InChI=1S/C16H22N2O2/c19-16(14-7-4-8-17-11-14)18-9-10-20-15(12-18)13-5-2-1-3-6-13/h1-3,5-6,14-15,17H,4,7-12H2/t14-,15?/m0/s1. The summed E-state index contributed by atoms with van der Waals surface area (Å²) in [6, 6.07) is 10.2. The van der Waals surface area contributed by atoms with E-state index in [0.717, 1.165) is 38.0 Å². The van der Waals surface area contributed by atoms with E-state index in [9.17, 15) is 4.79 Å². The molecule has 108 valence electrons. The summed E-state index contributed by atoms with van der Waals surface area (Å²) in [7, 11) is 0. The second-order valence-electron chi connectivity index (χ2n) is 5.60. The Labute approximate surface area is 120 Å². The number of carbonyl (C=O) groups is 1. The van der Waals surface area contributed by atoms with E-state index in [1.807, 2.05) is 23.1 Å². The minimum absolute atomic E-state index is 0.0189. The van der Waals surface area contributed by atoms with Gasteiger partial charge >= 0.3 is 0 Å². The lowest BCUT2D eigenvalue weighted by Gasteiger charge is -2.36. The van der Waals surface area contributed by atoms with Gasteiger partial charge in [-0.1, -0.05) is 30.3 Å². The Morgan fingerprint density at radius 1 is 1.30 bits per heavy atom. The first-order valence-electron chi connectivity index (χ1n) is 7.50. The number of rotatable bonds is 2. The molecule has 0 aromatic heterocycles. The molecule has 0 spiro atoms. The normalized spacial score (nSPS) is 27.3. The van der Waals surface area contributed by atoms with Gasteiger partial charge in [0.15, 0.2) is 0 Å². The maximum atomic E-state index is 12.6. The van der Waals surface area contributed by atoms with Gasteiger partial charge in [0, 0.05) is 13.1 Å². The molecule has 4 heteroatoms. The van der Waals surface area contributed by atoms with Crippen LogP contribution in [0.5, 0.6) is 0 Å². The van der Waals surface area contributed by atoms with Crippen molar-refractivity contribution in [3.8, 4) is 0 Å². The van der Waals surface area contributed by atoms with Crippen molar-refractivity contribution in [3.63, 3.8) is 0 Å². The molecule has 2 fully saturated rings. The molecule has 3 rings (SSSR count). The Morgan fingerprint density at radius 3 is 2.90 bits per heavy atom. The van der Waals surface area contributed by atoms with E-state index in [0.29, 0.717) is 19.1 Å². The molecule has 0 saturated carbocycles. The number of hydrogen-bond acceptors (Lipinski definition) is 3. The minimum Gasteiger partial charge on any atom is -0.370 e.